The van der Waals surface area contributed by atoms with E-state index in [4.69, 9.17) is 0 Å². The van der Waals surface area contributed by atoms with Crippen molar-refractivity contribution in [2.24, 2.45) is 0 Å². The molecule has 0 atom stereocenters. The summed E-state index contributed by atoms with van der Waals surface area (Å²) in [4.78, 5) is 20.8. The lowest BCUT2D eigenvalue weighted by atomic mass is 10.4. The van der Waals surface area contributed by atoms with Crippen molar-refractivity contribution in [1.82, 2.24) is 9.88 Å². The molecule has 1 rings (SSSR count). The Bertz CT molecular complexity index is 304. The fourth-order valence-corrected chi connectivity index (χ4v) is 1.03. The summed E-state index contributed by atoms with van der Waals surface area (Å²) in [6.45, 7) is 2.75. The van der Waals surface area contributed by atoms with E-state index in [9.17, 15) is 9.59 Å². The molecule has 0 saturated heterocycles. The fourth-order valence-electron chi connectivity index (χ4n) is 1.03. The molecule has 1 amide bonds. The van der Waals surface area contributed by atoms with Crippen molar-refractivity contribution < 1.29 is 9.59 Å². The molecule has 4 heteroatoms. The fraction of sp³-hybridized carbons (Fsp3) is 0.333. The molecule has 70 valence electrons. The molecule has 0 fully saturated rings. The molecule has 0 saturated carbocycles. The maximum Gasteiger partial charge on any atom is 0.216 e. The van der Waals surface area contributed by atoms with Crippen LogP contribution in [0.25, 0.3) is 0 Å². The van der Waals surface area contributed by atoms with E-state index >= 15 is 0 Å². The zero-order chi connectivity index (χ0) is 9.68. The van der Waals surface area contributed by atoms with Crippen LogP contribution >= 0.6 is 0 Å². The van der Waals surface area contributed by atoms with E-state index in [0.717, 1.165) is 6.29 Å². The Kier molecular flexibility index (Phi) is 3.25. The quantitative estimate of drug-likeness (QED) is 0.683. The van der Waals surface area contributed by atoms with E-state index in [1.807, 2.05) is 10.8 Å². The summed E-state index contributed by atoms with van der Waals surface area (Å²) in [5.74, 6) is -0.0391. The maximum atomic E-state index is 10.5. The lowest BCUT2D eigenvalue weighted by Crippen LogP contribution is -2.23. The maximum absolute atomic E-state index is 10.5. The van der Waals surface area contributed by atoms with Crippen LogP contribution in [0.4, 0.5) is 0 Å². The summed E-state index contributed by atoms with van der Waals surface area (Å²) >= 11 is 0. The SMILES string of the molecule is CC(=O)NCCn1ccc(C=O)c1. The van der Waals surface area contributed by atoms with Crippen LogP contribution in [0.1, 0.15) is 17.3 Å². The Labute approximate surface area is 76.5 Å². The highest BCUT2D eigenvalue weighted by atomic mass is 16.1. The first-order valence-electron chi connectivity index (χ1n) is 4.08. The molecule has 1 N–H and O–H groups in total. The van der Waals surface area contributed by atoms with Crippen LogP contribution < -0.4 is 5.32 Å². The molecular weight excluding hydrogens is 168 g/mol. The Morgan fingerprint density at radius 2 is 2.46 bits per heavy atom. The van der Waals surface area contributed by atoms with E-state index in [1.54, 1.807) is 12.3 Å². The van der Waals surface area contributed by atoms with Gasteiger partial charge in [0.05, 0.1) is 0 Å². The van der Waals surface area contributed by atoms with E-state index in [0.29, 0.717) is 18.7 Å². The molecule has 1 aromatic rings. The van der Waals surface area contributed by atoms with E-state index in [1.165, 1.54) is 6.92 Å². The van der Waals surface area contributed by atoms with Crippen molar-refractivity contribution in [2.45, 2.75) is 13.5 Å². The first-order valence-corrected chi connectivity index (χ1v) is 4.08. The van der Waals surface area contributed by atoms with Gasteiger partial charge in [-0.2, -0.15) is 0 Å². The number of hydrogen-bond donors (Lipinski definition) is 1. The lowest BCUT2D eigenvalue weighted by molar-refractivity contribution is -0.118. The standard InChI is InChI=1S/C9H12N2O2/c1-8(13)10-3-5-11-4-2-9(6-11)7-12/h2,4,6-7H,3,5H2,1H3,(H,10,13). The molecule has 0 aliphatic rings. The predicted molar refractivity (Wildman–Crippen MR) is 48.5 cm³/mol. The van der Waals surface area contributed by atoms with Crippen molar-refractivity contribution in [1.29, 1.82) is 0 Å². The van der Waals surface area contributed by atoms with Gasteiger partial charge in [-0.3, -0.25) is 9.59 Å². The van der Waals surface area contributed by atoms with Gasteiger partial charge in [0, 0.05) is 38.0 Å². The second-order valence-electron chi connectivity index (χ2n) is 2.78. The molecule has 0 unspecified atom stereocenters. The minimum Gasteiger partial charge on any atom is -0.355 e. The molecule has 0 spiro atoms. The zero-order valence-corrected chi connectivity index (χ0v) is 7.49. The molecule has 0 aromatic carbocycles. The molecule has 4 nitrogen and oxygen atoms in total. The largest absolute Gasteiger partial charge is 0.355 e. The number of amides is 1. The van der Waals surface area contributed by atoms with E-state index in [-0.39, 0.29) is 5.91 Å². The number of aromatic nitrogens is 1. The third kappa shape index (κ3) is 3.11. The van der Waals surface area contributed by atoms with Crippen molar-refractivity contribution >= 4 is 12.2 Å². The van der Waals surface area contributed by atoms with Crippen molar-refractivity contribution in [3.63, 3.8) is 0 Å². The van der Waals surface area contributed by atoms with Gasteiger partial charge in [0.15, 0.2) is 6.29 Å². The van der Waals surface area contributed by atoms with Gasteiger partial charge in [-0.15, -0.1) is 0 Å². The number of hydrogen-bond acceptors (Lipinski definition) is 2. The van der Waals surface area contributed by atoms with Crippen molar-refractivity contribution in [3.8, 4) is 0 Å². The molecule has 0 radical (unpaired) electrons. The van der Waals surface area contributed by atoms with Crippen molar-refractivity contribution in [2.75, 3.05) is 6.54 Å². The van der Waals surface area contributed by atoms with Crippen LogP contribution in [0.15, 0.2) is 18.5 Å². The number of nitrogens with one attached hydrogen (secondary N) is 1. The Morgan fingerprint density at radius 3 is 3.00 bits per heavy atom. The summed E-state index contributed by atoms with van der Waals surface area (Å²) in [5.41, 5.74) is 0.655. The third-order valence-electron chi connectivity index (χ3n) is 1.65. The summed E-state index contributed by atoms with van der Waals surface area (Å²) in [5, 5.41) is 2.67. The summed E-state index contributed by atoms with van der Waals surface area (Å²) in [6.07, 6.45) is 4.36. The first-order chi connectivity index (χ1) is 6.22. The molecule has 0 bridgehead atoms. The number of aldehydes is 1. The topological polar surface area (TPSA) is 51.1 Å². The molecule has 0 aliphatic carbocycles. The minimum absolute atomic E-state index is 0.0391. The minimum atomic E-state index is -0.0391. The molecule has 1 heterocycles. The van der Waals surface area contributed by atoms with Crippen LogP contribution in [-0.4, -0.2) is 23.3 Å². The first kappa shape index (κ1) is 9.51. The zero-order valence-electron chi connectivity index (χ0n) is 7.49. The predicted octanol–water partition coefficient (Wildman–Crippen LogP) is 0.437. The normalized spacial score (nSPS) is 9.62. The van der Waals surface area contributed by atoms with E-state index in [2.05, 4.69) is 5.32 Å². The number of carbonyl (C=O) groups excluding carboxylic acids is 2. The van der Waals surface area contributed by atoms with Gasteiger partial charge < -0.3 is 9.88 Å². The van der Waals surface area contributed by atoms with Gasteiger partial charge in [0.1, 0.15) is 0 Å². The Hall–Kier alpha value is -1.58. The second-order valence-corrected chi connectivity index (χ2v) is 2.78. The highest BCUT2D eigenvalue weighted by Crippen LogP contribution is 1.96. The van der Waals surface area contributed by atoms with Gasteiger partial charge >= 0.3 is 0 Å². The third-order valence-corrected chi connectivity index (χ3v) is 1.65. The molecule has 1 aromatic heterocycles. The average Bonchev–Trinajstić information content (AvgIpc) is 2.52. The second kappa shape index (κ2) is 4.45. The highest BCUT2D eigenvalue weighted by Gasteiger charge is 1.95. The van der Waals surface area contributed by atoms with Crippen LogP contribution in [0.3, 0.4) is 0 Å². The van der Waals surface area contributed by atoms with Gasteiger partial charge in [-0.25, -0.2) is 0 Å². The number of rotatable bonds is 4. The van der Waals surface area contributed by atoms with Gasteiger partial charge in [0.2, 0.25) is 5.91 Å². The highest BCUT2D eigenvalue weighted by molar-refractivity contribution is 5.74. The Morgan fingerprint density at radius 1 is 1.69 bits per heavy atom. The summed E-state index contributed by atoms with van der Waals surface area (Å²) < 4.78 is 1.86. The Balaban J connectivity index is 2.36. The lowest BCUT2D eigenvalue weighted by Gasteiger charge is -2.02. The van der Waals surface area contributed by atoms with Crippen LogP contribution in [0.5, 0.6) is 0 Å². The van der Waals surface area contributed by atoms with Crippen LogP contribution in [-0.2, 0) is 11.3 Å². The average molecular weight is 180 g/mol. The molecular formula is C9H12N2O2. The van der Waals surface area contributed by atoms with Gasteiger partial charge in [-0.1, -0.05) is 0 Å². The summed E-state index contributed by atoms with van der Waals surface area (Å²) in [6, 6.07) is 1.74. The van der Waals surface area contributed by atoms with Gasteiger partial charge in [0.25, 0.3) is 0 Å². The number of carbonyl (C=O) groups is 2. The van der Waals surface area contributed by atoms with E-state index < -0.39 is 0 Å². The van der Waals surface area contributed by atoms with Gasteiger partial charge in [-0.05, 0) is 6.07 Å². The van der Waals surface area contributed by atoms with Crippen molar-refractivity contribution in [3.05, 3.63) is 24.0 Å². The van der Waals surface area contributed by atoms with Crippen LogP contribution in [0.2, 0.25) is 0 Å². The molecule has 0 aliphatic heterocycles. The monoisotopic (exact) mass is 180 g/mol. The number of nitrogens with zero attached hydrogens (tertiary/aromatic N) is 1. The van der Waals surface area contributed by atoms with Crippen LogP contribution in [0, 0.1) is 0 Å². The smallest absolute Gasteiger partial charge is 0.216 e. The summed E-state index contributed by atoms with van der Waals surface area (Å²) in [7, 11) is 0. The molecule has 13 heavy (non-hydrogen) atoms.